The summed E-state index contributed by atoms with van der Waals surface area (Å²) < 4.78 is 30.6. The predicted molar refractivity (Wildman–Crippen MR) is 144 cm³/mol. The summed E-state index contributed by atoms with van der Waals surface area (Å²) >= 11 is 13.7. The summed E-state index contributed by atoms with van der Waals surface area (Å²) in [5, 5.41) is 0.874. The fraction of sp³-hybridized carbons (Fsp3) is 0.154. The molecule has 0 aliphatic carbocycles. The van der Waals surface area contributed by atoms with Gasteiger partial charge in [0.2, 0.25) is 0 Å². The third kappa shape index (κ3) is 4.44. The van der Waals surface area contributed by atoms with E-state index in [4.69, 9.17) is 29.6 Å². The molecule has 0 radical (unpaired) electrons. The minimum atomic E-state index is -3.78. The first-order valence-corrected chi connectivity index (χ1v) is 14.0. The van der Waals surface area contributed by atoms with Gasteiger partial charge in [-0.25, -0.2) is 8.42 Å². The molecule has 6 nitrogen and oxygen atoms in total. The number of nitrogens with zero attached hydrogens (tertiary/aromatic N) is 3. The smallest absolute Gasteiger partial charge is 0.279 e. The number of aromatic nitrogens is 1. The van der Waals surface area contributed by atoms with Gasteiger partial charge in [0.05, 0.1) is 32.4 Å². The number of hydrogen-bond donors (Lipinski definition) is 0. The molecule has 2 heterocycles. The van der Waals surface area contributed by atoms with E-state index >= 15 is 0 Å². The Morgan fingerprint density at radius 1 is 1.11 bits per heavy atom. The van der Waals surface area contributed by atoms with Crippen molar-refractivity contribution in [1.29, 1.82) is 0 Å². The summed E-state index contributed by atoms with van der Waals surface area (Å²) in [4.78, 5) is 17.7. The van der Waals surface area contributed by atoms with Crippen molar-refractivity contribution in [2.45, 2.75) is 24.3 Å². The Labute approximate surface area is 222 Å². The molecular formula is C26H19Cl2N3O3S2. The number of thiazole rings is 1. The lowest BCUT2D eigenvalue weighted by Crippen LogP contribution is -2.35. The number of aryl methyl sites for hydroxylation is 1. The van der Waals surface area contributed by atoms with Gasteiger partial charge in [-0.3, -0.25) is 9.10 Å². The zero-order valence-electron chi connectivity index (χ0n) is 18.8. The molecule has 1 aliphatic heterocycles. The SMILES string of the molecule is C#CCn1c(=NC(=O)c2ccc(S(=O)(=O)N3CCCc4ccccc43)cc2)sc2cc(Cl)cc(Cl)c21. The molecule has 5 rings (SSSR count). The summed E-state index contributed by atoms with van der Waals surface area (Å²) in [6, 6.07) is 16.7. The first-order chi connectivity index (χ1) is 17.3. The number of carbonyl (C=O) groups excluding carboxylic acids is 1. The Bertz CT molecular complexity index is 1720. The number of fused-ring (bicyclic) bond motifs is 2. The molecule has 0 N–H and O–H groups in total. The third-order valence-corrected chi connectivity index (χ3v) is 9.26. The minimum Gasteiger partial charge on any atom is -0.303 e. The second-order valence-corrected chi connectivity index (χ2v) is 11.9. The van der Waals surface area contributed by atoms with E-state index in [-0.39, 0.29) is 17.0 Å². The molecule has 1 aliphatic rings. The van der Waals surface area contributed by atoms with Crippen LogP contribution in [0.25, 0.3) is 10.2 Å². The quantitative estimate of drug-likeness (QED) is 0.311. The predicted octanol–water partition coefficient (Wildman–Crippen LogP) is 5.53. The molecule has 182 valence electrons. The van der Waals surface area contributed by atoms with Crippen LogP contribution in [-0.2, 0) is 23.0 Å². The van der Waals surface area contributed by atoms with Crippen molar-refractivity contribution in [3.05, 3.63) is 86.6 Å². The zero-order chi connectivity index (χ0) is 25.4. The van der Waals surface area contributed by atoms with Crippen LogP contribution in [0.3, 0.4) is 0 Å². The largest absolute Gasteiger partial charge is 0.303 e. The Balaban J connectivity index is 1.49. The molecule has 0 bridgehead atoms. The van der Waals surface area contributed by atoms with Gasteiger partial charge < -0.3 is 4.57 Å². The Hall–Kier alpha value is -3.09. The molecule has 0 atom stereocenters. The lowest BCUT2D eigenvalue weighted by molar-refractivity contribution is 0.0998. The fourth-order valence-corrected chi connectivity index (χ4v) is 7.60. The van der Waals surface area contributed by atoms with Crippen LogP contribution in [0.2, 0.25) is 10.0 Å². The van der Waals surface area contributed by atoms with E-state index in [0.717, 1.165) is 23.1 Å². The molecule has 0 fully saturated rings. The van der Waals surface area contributed by atoms with Crippen LogP contribution >= 0.6 is 34.5 Å². The summed E-state index contributed by atoms with van der Waals surface area (Å²) in [6.45, 7) is 0.574. The number of amides is 1. The van der Waals surface area contributed by atoms with E-state index in [1.54, 1.807) is 16.7 Å². The normalized spacial score (nSPS) is 14.0. The average molecular weight is 556 g/mol. The summed E-state index contributed by atoms with van der Waals surface area (Å²) in [5.41, 5.74) is 2.60. The van der Waals surface area contributed by atoms with E-state index in [1.165, 1.54) is 39.9 Å². The van der Waals surface area contributed by atoms with Crippen molar-refractivity contribution in [2.75, 3.05) is 10.8 Å². The lowest BCUT2D eigenvalue weighted by atomic mass is 10.0. The van der Waals surface area contributed by atoms with Gasteiger partial charge in [-0.05, 0) is 60.9 Å². The van der Waals surface area contributed by atoms with Crippen LogP contribution in [0.15, 0.2) is 70.6 Å². The average Bonchev–Trinajstić information content (AvgIpc) is 3.20. The number of rotatable bonds is 4. The highest BCUT2D eigenvalue weighted by Gasteiger charge is 2.29. The van der Waals surface area contributed by atoms with Crippen molar-refractivity contribution in [3.8, 4) is 12.3 Å². The highest BCUT2D eigenvalue weighted by atomic mass is 35.5. The summed E-state index contributed by atoms with van der Waals surface area (Å²) in [7, 11) is -3.78. The van der Waals surface area contributed by atoms with Crippen LogP contribution in [-0.4, -0.2) is 25.4 Å². The molecule has 1 aromatic heterocycles. The first kappa shape index (κ1) is 24.6. The molecule has 0 spiro atoms. The zero-order valence-corrected chi connectivity index (χ0v) is 22.0. The monoisotopic (exact) mass is 555 g/mol. The summed E-state index contributed by atoms with van der Waals surface area (Å²) in [6.07, 6.45) is 7.11. The van der Waals surface area contributed by atoms with Crippen molar-refractivity contribution in [1.82, 2.24) is 4.57 Å². The Morgan fingerprint density at radius 2 is 1.86 bits per heavy atom. The van der Waals surface area contributed by atoms with Crippen molar-refractivity contribution < 1.29 is 13.2 Å². The van der Waals surface area contributed by atoms with E-state index < -0.39 is 15.9 Å². The van der Waals surface area contributed by atoms with E-state index in [2.05, 4.69) is 10.9 Å². The number of sulfonamides is 1. The van der Waals surface area contributed by atoms with Gasteiger partial charge in [-0.1, -0.05) is 58.7 Å². The van der Waals surface area contributed by atoms with Crippen molar-refractivity contribution >= 4 is 66.4 Å². The Morgan fingerprint density at radius 3 is 2.61 bits per heavy atom. The number of para-hydroxylation sites is 1. The van der Waals surface area contributed by atoms with Gasteiger partial charge >= 0.3 is 0 Å². The van der Waals surface area contributed by atoms with Gasteiger partial charge in [-0.2, -0.15) is 4.99 Å². The van der Waals surface area contributed by atoms with E-state index in [1.807, 2.05) is 24.3 Å². The van der Waals surface area contributed by atoms with Crippen LogP contribution < -0.4 is 9.11 Å². The molecule has 3 aromatic carbocycles. The topological polar surface area (TPSA) is 71.7 Å². The molecule has 1 amide bonds. The van der Waals surface area contributed by atoms with Gasteiger partial charge in [0.15, 0.2) is 4.80 Å². The number of terminal acetylenes is 1. The molecular weight excluding hydrogens is 537 g/mol. The number of hydrogen-bond acceptors (Lipinski definition) is 4. The van der Waals surface area contributed by atoms with Crippen LogP contribution in [0.5, 0.6) is 0 Å². The molecule has 0 saturated heterocycles. The number of halogens is 2. The molecule has 0 saturated carbocycles. The van der Waals surface area contributed by atoms with Gasteiger partial charge in [0.25, 0.3) is 15.9 Å². The number of anilines is 1. The lowest BCUT2D eigenvalue weighted by Gasteiger charge is -2.30. The number of carbonyl (C=O) groups is 1. The standard InChI is InChI=1S/C26H19Cl2N3O3S2/c1-2-13-30-24-21(28)15-19(27)16-23(24)35-26(30)29-25(32)18-9-11-20(12-10-18)36(33,34)31-14-5-7-17-6-3-4-8-22(17)31/h1,3-4,6,8-12,15-16H,5,7,13-14H2. The van der Waals surface area contributed by atoms with Crippen molar-refractivity contribution in [2.24, 2.45) is 4.99 Å². The van der Waals surface area contributed by atoms with Crippen LogP contribution in [0.1, 0.15) is 22.3 Å². The Kier molecular flexibility index (Phi) is 6.66. The van der Waals surface area contributed by atoms with Crippen molar-refractivity contribution in [3.63, 3.8) is 0 Å². The van der Waals surface area contributed by atoms with Gasteiger partial charge in [0.1, 0.15) is 0 Å². The minimum absolute atomic E-state index is 0.112. The number of benzene rings is 3. The van der Waals surface area contributed by atoms with Gasteiger partial charge in [-0.15, -0.1) is 6.42 Å². The molecule has 0 unspecified atom stereocenters. The maximum atomic E-state index is 13.4. The van der Waals surface area contributed by atoms with Crippen LogP contribution in [0, 0.1) is 12.3 Å². The molecule has 4 aromatic rings. The highest BCUT2D eigenvalue weighted by molar-refractivity contribution is 7.92. The maximum Gasteiger partial charge on any atom is 0.279 e. The third-order valence-electron chi connectivity index (χ3n) is 5.90. The van der Waals surface area contributed by atoms with Gasteiger partial charge in [0, 0.05) is 17.1 Å². The highest BCUT2D eigenvalue weighted by Crippen LogP contribution is 2.32. The second kappa shape index (κ2) is 9.75. The van der Waals surface area contributed by atoms with E-state index in [9.17, 15) is 13.2 Å². The summed E-state index contributed by atoms with van der Waals surface area (Å²) in [5.74, 6) is 2.03. The fourth-order valence-electron chi connectivity index (χ4n) is 4.25. The maximum absolute atomic E-state index is 13.4. The second-order valence-electron chi connectivity index (χ2n) is 8.16. The van der Waals surface area contributed by atoms with E-state index in [0.29, 0.717) is 32.6 Å². The first-order valence-electron chi connectivity index (χ1n) is 11.0. The molecule has 36 heavy (non-hydrogen) atoms. The molecule has 10 heteroatoms. The van der Waals surface area contributed by atoms with Crippen LogP contribution in [0.4, 0.5) is 5.69 Å².